The molecule has 0 heterocycles. The molecule has 2 aromatic carbocycles. The highest BCUT2D eigenvalue weighted by atomic mass is 16.3. The highest BCUT2D eigenvalue weighted by Crippen LogP contribution is 2.18. The Morgan fingerprint density at radius 3 is 2.16 bits per heavy atom. The number of amides is 2. The number of rotatable bonds is 8. The van der Waals surface area contributed by atoms with Crippen LogP contribution in [0.15, 0.2) is 60.7 Å². The number of carbonyl (C=O) groups excluding carboxylic acids is 2. The minimum absolute atomic E-state index is 0.0689. The Bertz CT molecular complexity index is 674. The maximum atomic E-state index is 12.5. The van der Waals surface area contributed by atoms with E-state index in [0.717, 1.165) is 5.56 Å². The van der Waals surface area contributed by atoms with Crippen molar-refractivity contribution in [2.45, 2.75) is 31.8 Å². The predicted molar refractivity (Wildman–Crippen MR) is 97.0 cm³/mol. The molecule has 2 rings (SSSR count). The van der Waals surface area contributed by atoms with Crippen LogP contribution in [0.3, 0.4) is 0 Å². The third kappa shape index (κ3) is 5.72. The highest BCUT2D eigenvalue weighted by Gasteiger charge is 2.20. The molecule has 0 aromatic heterocycles. The maximum absolute atomic E-state index is 12.5. The number of nitrogens with one attached hydrogen (secondary N) is 2. The fourth-order valence-corrected chi connectivity index (χ4v) is 2.53. The summed E-state index contributed by atoms with van der Waals surface area (Å²) in [6.07, 6.45) is 1.22. The van der Waals surface area contributed by atoms with Crippen LogP contribution in [0.2, 0.25) is 0 Å². The first-order valence-electron chi connectivity index (χ1n) is 8.44. The van der Waals surface area contributed by atoms with E-state index in [9.17, 15) is 9.59 Å². The van der Waals surface area contributed by atoms with Gasteiger partial charge in [0, 0.05) is 12.2 Å². The van der Waals surface area contributed by atoms with Gasteiger partial charge in [-0.05, 0) is 37.5 Å². The Morgan fingerprint density at radius 2 is 1.56 bits per heavy atom. The Morgan fingerprint density at radius 1 is 0.960 bits per heavy atom. The quantitative estimate of drug-likeness (QED) is 0.691. The van der Waals surface area contributed by atoms with E-state index in [-0.39, 0.29) is 24.5 Å². The zero-order valence-corrected chi connectivity index (χ0v) is 14.3. The van der Waals surface area contributed by atoms with Gasteiger partial charge >= 0.3 is 0 Å². The van der Waals surface area contributed by atoms with Crippen molar-refractivity contribution in [3.8, 4) is 0 Å². The van der Waals surface area contributed by atoms with Gasteiger partial charge in [-0.25, -0.2) is 0 Å². The summed E-state index contributed by atoms with van der Waals surface area (Å²) < 4.78 is 0. The Kier molecular flexibility index (Phi) is 7.16. The van der Waals surface area contributed by atoms with Gasteiger partial charge in [0.15, 0.2) is 0 Å². The van der Waals surface area contributed by atoms with E-state index in [0.29, 0.717) is 18.4 Å². The second-order valence-electron chi connectivity index (χ2n) is 5.90. The summed E-state index contributed by atoms with van der Waals surface area (Å²) in [6, 6.07) is 17.6. The van der Waals surface area contributed by atoms with Gasteiger partial charge in [-0.15, -0.1) is 0 Å². The number of carbonyl (C=O) groups is 2. The monoisotopic (exact) mass is 340 g/mol. The van der Waals surface area contributed by atoms with E-state index in [1.54, 1.807) is 31.2 Å². The van der Waals surface area contributed by atoms with Crippen LogP contribution in [0.1, 0.15) is 41.7 Å². The van der Waals surface area contributed by atoms with Crippen molar-refractivity contribution < 1.29 is 14.7 Å². The molecule has 0 aliphatic heterocycles. The molecule has 25 heavy (non-hydrogen) atoms. The SMILES string of the molecule is CC(NC(=O)c1ccccc1)C(=O)NC(CCCO)c1ccccc1. The van der Waals surface area contributed by atoms with Crippen LogP contribution in [-0.2, 0) is 4.79 Å². The molecule has 0 bridgehead atoms. The van der Waals surface area contributed by atoms with Crippen molar-refractivity contribution in [1.82, 2.24) is 10.6 Å². The topological polar surface area (TPSA) is 78.4 Å². The number of hydrogen-bond acceptors (Lipinski definition) is 3. The van der Waals surface area contributed by atoms with E-state index in [1.165, 1.54) is 0 Å². The van der Waals surface area contributed by atoms with E-state index in [1.807, 2.05) is 36.4 Å². The first-order chi connectivity index (χ1) is 12.1. The summed E-state index contributed by atoms with van der Waals surface area (Å²) in [4.78, 5) is 24.6. The minimum atomic E-state index is -0.659. The Labute approximate surface area is 148 Å². The average Bonchev–Trinajstić information content (AvgIpc) is 2.66. The maximum Gasteiger partial charge on any atom is 0.251 e. The molecule has 2 amide bonds. The van der Waals surface area contributed by atoms with Crippen molar-refractivity contribution in [3.63, 3.8) is 0 Å². The van der Waals surface area contributed by atoms with Gasteiger partial charge in [-0.1, -0.05) is 48.5 Å². The molecule has 0 radical (unpaired) electrons. The number of aliphatic hydroxyl groups is 1. The van der Waals surface area contributed by atoms with E-state index < -0.39 is 6.04 Å². The molecule has 0 aliphatic carbocycles. The predicted octanol–water partition coefficient (Wildman–Crippen LogP) is 2.43. The summed E-state index contributed by atoms with van der Waals surface area (Å²) in [6.45, 7) is 1.73. The van der Waals surface area contributed by atoms with Crippen molar-refractivity contribution in [3.05, 3.63) is 71.8 Å². The zero-order valence-electron chi connectivity index (χ0n) is 14.3. The smallest absolute Gasteiger partial charge is 0.251 e. The summed E-state index contributed by atoms with van der Waals surface area (Å²) in [5.41, 5.74) is 1.49. The first-order valence-corrected chi connectivity index (χ1v) is 8.44. The van der Waals surface area contributed by atoms with Crippen LogP contribution in [0.4, 0.5) is 0 Å². The van der Waals surface area contributed by atoms with Crippen LogP contribution in [0.5, 0.6) is 0 Å². The summed E-state index contributed by atoms with van der Waals surface area (Å²) >= 11 is 0. The Hall–Kier alpha value is -2.66. The number of aliphatic hydroxyl groups excluding tert-OH is 1. The van der Waals surface area contributed by atoms with Crippen LogP contribution >= 0.6 is 0 Å². The molecule has 2 unspecified atom stereocenters. The van der Waals surface area contributed by atoms with Gasteiger partial charge in [-0.3, -0.25) is 9.59 Å². The molecular formula is C20H24N2O3. The zero-order chi connectivity index (χ0) is 18.1. The molecule has 0 aliphatic rings. The van der Waals surface area contributed by atoms with Gasteiger partial charge in [-0.2, -0.15) is 0 Å². The van der Waals surface area contributed by atoms with Gasteiger partial charge < -0.3 is 15.7 Å². The summed E-state index contributed by atoms with van der Waals surface area (Å²) in [7, 11) is 0. The minimum Gasteiger partial charge on any atom is -0.396 e. The molecule has 3 N–H and O–H groups in total. The molecule has 5 heteroatoms. The average molecular weight is 340 g/mol. The van der Waals surface area contributed by atoms with Crippen LogP contribution < -0.4 is 10.6 Å². The lowest BCUT2D eigenvalue weighted by Crippen LogP contribution is -2.45. The fraction of sp³-hybridized carbons (Fsp3) is 0.300. The standard InChI is InChI=1S/C20H24N2O3/c1-15(21-20(25)17-11-6-3-7-12-17)19(24)22-18(13-8-14-23)16-9-4-2-5-10-16/h2-7,9-12,15,18,23H,8,13-14H2,1H3,(H,21,25)(H,22,24). The lowest BCUT2D eigenvalue weighted by atomic mass is 10.0. The molecule has 2 atom stereocenters. The highest BCUT2D eigenvalue weighted by molar-refractivity contribution is 5.97. The van der Waals surface area contributed by atoms with E-state index >= 15 is 0 Å². The van der Waals surface area contributed by atoms with Crippen molar-refractivity contribution in [2.75, 3.05) is 6.61 Å². The molecule has 0 fully saturated rings. The molecule has 0 saturated heterocycles. The van der Waals surface area contributed by atoms with Crippen molar-refractivity contribution in [1.29, 1.82) is 0 Å². The first kappa shape index (κ1) is 18.7. The molecule has 2 aromatic rings. The van der Waals surface area contributed by atoms with Crippen LogP contribution in [-0.4, -0.2) is 29.6 Å². The van der Waals surface area contributed by atoms with E-state index in [2.05, 4.69) is 10.6 Å². The van der Waals surface area contributed by atoms with E-state index in [4.69, 9.17) is 5.11 Å². The fourth-order valence-electron chi connectivity index (χ4n) is 2.53. The molecular weight excluding hydrogens is 316 g/mol. The lowest BCUT2D eigenvalue weighted by molar-refractivity contribution is -0.123. The van der Waals surface area contributed by atoms with Crippen LogP contribution in [0.25, 0.3) is 0 Å². The summed E-state index contributed by atoms with van der Waals surface area (Å²) in [5.74, 6) is -0.536. The third-order valence-electron chi connectivity index (χ3n) is 3.95. The molecule has 0 spiro atoms. The van der Waals surface area contributed by atoms with Gasteiger partial charge in [0.2, 0.25) is 5.91 Å². The van der Waals surface area contributed by atoms with Crippen molar-refractivity contribution in [2.24, 2.45) is 0 Å². The third-order valence-corrected chi connectivity index (χ3v) is 3.95. The second kappa shape index (κ2) is 9.59. The van der Waals surface area contributed by atoms with Gasteiger partial charge in [0.05, 0.1) is 6.04 Å². The summed E-state index contributed by atoms with van der Waals surface area (Å²) in [5, 5.41) is 14.7. The Balaban J connectivity index is 1.98. The van der Waals surface area contributed by atoms with Crippen LogP contribution in [0, 0.1) is 0 Å². The molecule has 132 valence electrons. The largest absolute Gasteiger partial charge is 0.396 e. The van der Waals surface area contributed by atoms with Gasteiger partial charge in [0.1, 0.15) is 6.04 Å². The normalized spacial score (nSPS) is 12.9. The van der Waals surface area contributed by atoms with Gasteiger partial charge in [0.25, 0.3) is 5.91 Å². The number of hydrogen-bond donors (Lipinski definition) is 3. The number of benzene rings is 2. The second-order valence-corrected chi connectivity index (χ2v) is 5.90. The molecule has 5 nitrogen and oxygen atoms in total. The molecule has 0 saturated carbocycles. The lowest BCUT2D eigenvalue weighted by Gasteiger charge is -2.22. The van der Waals surface area contributed by atoms with Crippen molar-refractivity contribution >= 4 is 11.8 Å².